The molecule has 2 heterocycles. The molecule has 0 radical (unpaired) electrons. The van der Waals surface area contributed by atoms with Gasteiger partial charge >= 0.3 is 6.03 Å². The molecule has 3 rings (SSSR count). The zero-order valence-corrected chi connectivity index (χ0v) is 14.5. The molecule has 6 nitrogen and oxygen atoms in total. The molecule has 2 N–H and O–H groups in total. The van der Waals surface area contributed by atoms with Gasteiger partial charge < -0.3 is 10.6 Å². The van der Waals surface area contributed by atoms with Crippen molar-refractivity contribution in [2.75, 3.05) is 10.6 Å². The third-order valence-electron chi connectivity index (χ3n) is 3.78. The highest BCUT2D eigenvalue weighted by molar-refractivity contribution is 5.99. The topological polar surface area (TPSA) is 71.8 Å². The highest BCUT2D eigenvalue weighted by Crippen LogP contribution is 2.23. The van der Waals surface area contributed by atoms with Gasteiger partial charge in [-0.1, -0.05) is 32.9 Å². The zero-order valence-electron chi connectivity index (χ0n) is 14.5. The van der Waals surface area contributed by atoms with Crippen LogP contribution in [0.2, 0.25) is 0 Å². The molecule has 0 bridgehead atoms. The number of hydrogen-bond donors (Lipinski definition) is 2. The van der Waals surface area contributed by atoms with E-state index >= 15 is 0 Å². The van der Waals surface area contributed by atoms with Crippen LogP contribution in [0.1, 0.15) is 26.3 Å². The van der Waals surface area contributed by atoms with Gasteiger partial charge in [-0.2, -0.15) is 0 Å². The van der Waals surface area contributed by atoms with Crippen molar-refractivity contribution in [2.45, 2.75) is 26.2 Å². The molecule has 0 atom stereocenters. The smallest absolute Gasteiger partial charge is 0.308 e. The summed E-state index contributed by atoms with van der Waals surface area (Å²) in [6.45, 7) is 6.47. The first kappa shape index (κ1) is 16.7. The van der Waals surface area contributed by atoms with Crippen LogP contribution < -0.4 is 10.6 Å². The number of imidazole rings is 1. The molecule has 25 heavy (non-hydrogen) atoms. The van der Waals surface area contributed by atoms with Gasteiger partial charge in [-0.15, -0.1) is 0 Å². The monoisotopic (exact) mass is 335 g/mol. The van der Waals surface area contributed by atoms with Crippen molar-refractivity contribution in [3.63, 3.8) is 0 Å². The van der Waals surface area contributed by atoms with E-state index < -0.39 is 0 Å². The molecule has 0 aliphatic carbocycles. The molecule has 2 amide bonds. The highest BCUT2D eigenvalue weighted by atomic mass is 16.2. The van der Waals surface area contributed by atoms with Crippen molar-refractivity contribution in [1.29, 1.82) is 0 Å². The number of benzene rings is 1. The van der Waals surface area contributed by atoms with Crippen molar-refractivity contribution in [2.24, 2.45) is 0 Å². The van der Waals surface area contributed by atoms with Gasteiger partial charge in [-0.3, -0.25) is 4.57 Å². The van der Waals surface area contributed by atoms with E-state index in [0.29, 0.717) is 5.69 Å². The van der Waals surface area contributed by atoms with Crippen molar-refractivity contribution >= 4 is 17.4 Å². The summed E-state index contributed by atoms with van der Waals surface area (Å²) < 4.78 is 1.79. The molecule has 0 fully saturated rings. The first-order valence-electron chi connectivity index (χ1n) is 8.05. The Labute approximate surface area is 146 Å². The fraction of sp³-hybridized carbons (Fsp3) is 0.211. The third-order valence-corrected chi connectivity index (χ3v) is 3.78. The number of carbonyl (C=O) groups excluding carboxylic acids is 1. The predicted molar refractivity (Wildman–Crippen MR) is 99.1 cm³/mol. The maximum absolute atomic E-state index is 12.1. The number of anilines is 2. The van der Waals surface area contributed by atoms with E-state index in [2.05, 4.69) is 41.4 Å². The van der Waals surface area contributed by atoms with Gasteiger partial charge in [-0.05, 0) is 35.2 Å². The fourth-order valence-corrected chi connectivity index (χ4v) is 2.35. The lowest BCUT2D eigenvalue weighted by Gasteiger charge is -2.19. The molecule has 128 valence electrons. The van der Waals surface area contributed by atoms with E-state index in [4.69, 9.17) is 0 Å². The van der Waals surface area contributed by atoms with Crippen molar-refractivity contribution in [3.8, 4) is 5.82 Å². The third kappa shape index (κ3) is 4.23. The molecule has 0 aliphatic rings. The number of aromatic nitrogens is 3. The summed E-state index contributed by atoms with van der Waals surface area (Å²) in [5, 5.41) is 5.59. The molecule has 0 aliphatic heterocycles. The van der Waals surface area contributed by atoms with Crippen LogP contribution in [-0.4, -0.2) is 20.6 Å². The van der Waals surface area contributed by atoms with Crippen molar-refractivity contribution < 1.29 is 4.79 Å². The summed E-state index contributed by atoms with van der Waals surface area (Å²) >= 11 is 0. The summed E-state index contributed by atoms with van der Waals surface area (Å²) in [6.07, 6.45) is 6.77. The van der Waals surface area contributed by atoms with Crippen LogP contribution in [0, 0.1) is 0 Å². The van der Waals surface area contributed by atoms with Crippen LogP contribution >= 0.6 is 0 Å². The van der Waals surface area contributed by atoms with Gasteiger partial charge in [0.05, 0.1) is 11.9 Å². The van der Waals surface area contributed by atoms with Crippen LogP contribution in [0.3, 0.4) is 0 Å². The largest absolute Gasteiger partial charge is 0.323 e. The predicted octanol–water partition coefficient (Wildman–Crippen LogP) is 4.21. The van der Waals surface area contributed by atoms with Gasteiger partial charge in [0.25, 0.3) is 0 Å². The lowest BCUT2D eigenvalue weighted by atomic mass is 9.87. The molecular weight excluding hydrogens is 314 g/mol. The number of nitrogens with one attached hydrogen (secondary N) is 2. The van der Waals surface area contributed by atoms with E-state index in [-0.39, 0.29) is 11.4 Å². The van der Waals surface area contributed by atoms with Crippen LogP contribution in [0.15, 0.2) is 61.3 Å². The number of urea groups is 1. The lowest BCUT2D eigenvalue weighted by Crippen LogP contribution is -2.19. The summed E-state index contributed by atoms with van der Waals surface area (Å²) in [6, 6.07) is 11.2. The molecule has 0 saturated carbocycles. The van der Waals surface area contributed by atoms with Crippen molar-refractivity contribution in [1.82, 2.24) is 14.5 Å². The first-order chi connectivity index (χ1) is 11.9. The normalized spacial score (nSPS) is 11.2. The van der Waals surface area contributed by atoms with E-state index in [0.717, 1.165) is 11.5 Å². The van der Waals surface area contributed by atoms with Gasteiger partial charge in [0, 0.05) is 18.1 Å². The maximum Gasteiger partial charge on any atom is 0.323 e. The average Bonchev–Trinajstić information content (AvgIpc) is 3.09. The average molecular weight is 335 g/mol. The van der Waals surface area contributed by atoms with Crippen LogP contribution in [0.4, 0.5) is 16.2 Å². The number of carbonyl (C=O) groups is 1. The van der Waals surface area contributed by atoms with E-state index in [1.807, 2.05) is 36.5 Å². The zero-order chi connectivity index (χ0) is 17.9. The molecule has 0 spiro atoms. The molecule has 6 heteroatoms. The fourth-order valence-electron chi connectivity index (χ4n) is 2.35. The van der Waals surface area contributed by atoms with E-state index in [1.165, 1.54) is 5.56 Å². The van der Waals surface area contributed by atoms with Gasteiger partial charge in [0.2, 0.25) is 0 Å². The minimum atomic E-state index is -0.305. The Morgan fingerprint density at radius 3 is 2.24 bits per heavy atom. The van der Waals surface area contributed by atoms with E-state index in [1.54, 1.807) is 29.4 Å². The molecule has 0 unspecified atom stereocenters. The quantitative estimate of drug-likeness (QED) is 0.753. The second-order valence-electron chi connectivity index (χ2n) is 6.78. The molecule has 1 aromatic carbocycles. The van der Waals surface area contributed by atoms with E-state index in [9.17, 15) is 4.79 Å². The number of amides is 2. The van der Waals surface area contributed by atoms with Crippen LogP contribution in [0.25, 0.3) is 5.82 Å². The molecule has 3 aromatic rings. The Kier molecular flexibility index (Phi) is 4.52. The van der Waals surface area contributed by atoms with Crippen LogP contribution in [-0.2, 0) is 5.41 Å². The molecule has 2 aromatic heterocycles. The highest BCUT2D eigenvalue weighted by Gasteiger charge is 2.13. The minimum Gasteiger partial charge on any atom is -0.308 e. The number of nitrogens with zero attached hydrogens (tertiary/aromatic N) is 3. The summed E-state index contributed by atoms with van der Waals surface area (Å²) in [5.41, 5.74) is 2.67. The van der Waals surface area contributed by atoms with Crippen molar-refractivity contribution in [3.05, 3.63) is 66.9 Å². The second kappa shape index (κ2) is 6.76. The Balaban J connectivity index is 1.61. The number of pyridine rings is 1. The number of hydrogen-bond acceptors (Lipinski definition) is 3. The number of rotatable bonds is 3. The van der Waals surface area contributed by atoms with Crippen LogP contribution in [0.5, 0.6) is 0 Å². The summed E-state index contributed by atoms with van der Waals surface area (Å²) in [4.78, 5) is 20.4. The Hall–Kier alpha value is -3.15. The Bertz CT molecular complexity index is 831. The Morgan fingerprint density at radius 2 is 1.68 bits per heavy atom. The van der Waals surface area contributed by atoms with Gasteiger partial charge in [-0.25, -0.2) is 14.8 Å². The lowest BCUT2D eigenvalue weighted by molar-refractivity contribution is 0.262. The molecular formula is C19H21N5O. The maximum atomic E-state index is 12.1. The Morgan fingerprint density at radius 1 is 1.00 bits per heavy atom. The van der Waals surface area contributed by atoms with Gasteiger partial charge in [0.15, 0.2) is 0 Å². The summed E-state index contributed by atoms with van der Waals surface area (Å²) in [5.74, 6) is 0.737. The first-order valence-corrected chi connectivity index (χ1v) is 8.05. The minimum absolute atomic E-state index is 0.0867. The standard InChI is InChI=1S/C19H21N5O/c1-19(2,3)14-4-6-15(7-5-14)22-18(25)23-16-8-9-17(21-12-16)24-11-10-20-13-24/h4-13H,1-3H3,(H2,22,23,25). The van der Waals surface area contributed by atoms with Gasteiger partial charge in [0.1, 0.15) is 12.1 Å². The summed E-state index contributed by atoms with van der Waals surface area (Å²) in [7, 11) is 0. The molecule has 0 saturated heterocycles. The SMILES string of the molecule is CC(C)(C)c1ccc(NC(=O)Nc2ccc(-n3ccnc3)nc2)cc1. The second-order valence-corrected chi connectivity index (χ2v) is 6.78.